The number of nitrogens with zero attached hydrogens (tertiary/aromatic N) is 1. The Kier molecular flexibility index (Phi) is 5.53. The van der Waals surface area contributed by atoms with Crippen molar-refractivity contribution in [3.05, 3.63) is 65.7 Å². The number of carbonyl (C=O) groups excluding carboxylic acids is 2. The first-order valence-electron chi connectivity index (χ1n) is 11.6. The molecule has 1 N–H and O–H groups in total. The zero-order valence-corrected chi connectivity index (χ0v) is 17.9. The van der Waals surface area contributed by atoms with E-state index in [2.05, 4.69) is 5.32 Å². The van der Waals surface area contributed by atoms with Crippen LogP contribution in [0.25, 0.3) is 0 Å². The highest BCUT2D eigenvalue weighted by molar-refractivity contribution is 6.12. The van der Waals surface area contributed by atoms with Crippen LogP contribution in [0.5, 0.6) is 0 Å². The van der Waals surface area contributed by atoms with Crippen molar-refractivity contribution in [3.8, 4) is 0 Å². The Morgan fingerprint density at radius 1 is 1.00 bits per heavy atom. The van der Waals surface area contributed by atoms with Crippen LogP contribution >= 0.6 is 0 Å². The topological polar surface area (TPSA) is 58.6 Å². The highest BCUT2D eigenvalue weighted by Gasteiger charge is 2.55. The Morgan fingerprint density at radius 2 is 1.74 bits per heavy atom. The minimum absolute atomic E-state index is 0.00637. The number of anilines is 1. The molecule has 0 aromatic heterocycles. The molecular weight excluding hydrogens is 388 g/mol. The number of para-hydroxylation sites is 1. The number of nitrogens with one attached hydrogen (secondary N) is 1. The molecule has 1 saturated carbocycles. The van der Waals surface area contributed by atoms with Crippen molar-refractivity contribution in [2.45, 2.75) is 62.5 Å². The Hall–Kier alpha value is -2.66. The monoisotopic (exact) mass is 418 g/mol. The van der Waals surface area contributed by atoms with Crippen molar-refractivity contribution in [3.63, 3.8) is 0 Å². The van der Waals surface area contributed by atoms with Crippen LogP contribution in [0.2, 0.25) is 0 Å². The van der Waals surface area contributed by atoms with Gasteiger partial charge in [-0.1, -0.05) is 55.7 Å². The summed E-state index contributed by atoms with van der Waals surface area (Å²) in [5.74, 6) is -0.367. The first kappa shape index (κ1) is 20.3. The van der Waals surface area contributed by atoms with E-state index in [1.54, 1.807) is 0 Å². The second-order valence-electron chi connectivity index (χ2n) is 9.04. The van der Waals surface area contributed by atoms with Crippen molar-refractivity contribution in [1.29, 1.82) is 0 Å². The quantitative estimate of drug-likeness (QED) is 0.799. The van der Waals surface area contributed by atoms with Crippen molar-refractivity contribution in [2.75, 3.05) is 18.1 Å². The van der Waals surface area contributed by atoms with Gasteiger partial charge in [0.05, 0.1) is 17.6 Å². The first-order valence-corrected chi connectivity index (χ1v) is 11.6. The lowest BCUT2D eigenvalue weighted by Crippen LogP contribution is -2.63. The molecule has 2 atom stereocenters. The molecule has 5 rings (SSSR count). The molecule has 2 aromatic rings. The molecule has 1 saturated heterocycles. The molecule has 2 aliphatic heterocycles. The standard InChI is InChI=1S/C26H30N2O3/c29-24(27-18-20-12-9-17-31-20)23-21-13-5-6-14-22(21)25(30)28(19-10-3-1-4-11-19)26(23)15-7-2-8-16-26/h1,3-6,10-11,13-14,20,23H,2,7-9,12,15-18H2,(H,27,29)/t20-,23+/m0/s1. The number of carbonyl (C=O) groups is 2. The van der Waals surface area contributed by atoms with Gasteiger partial charge in [-0.2, -0.15) is 0 Å². The van der Waals surface area contributed by atoms with Crippen LogP contribution in [0.3, 0.4) is 0 Å². The van der Waals surface area contributed by atoms with Crippen LogP contribution in [0.1, 0.15) is 66.8 Å². The van der Waals surface area contributed by atoms with Gasteiger partial charge in [-0.25, -0.2) is 0 Å². The van der Waals surface area contributed by atoms with E-state index in [9.17, 15) is 9.59 Å². The Bertz CT molecular complexity index is 946. The predicted molar refractivity (Wildman–Crippen MR) is 120 cm³/mol. The minimum Gasteiger partial charge on any atom is -0.376 e. The molecule has 1 aliphatic carbocycles. The molecule has 2 fully saturated rings. The third-order valence-corrected chi connectivity index (χ3v) is 7.21. The number of fused-ring (bicyclic) bond motifs is 1. The van der Waals surface area contributed by atoms with Crippen LogP contribution in [0, 0.1) is 0 Å². The molecule has 2 heterocycles. The number of amides is 2. The van der Waals surface area contributed by atoms with E-state index in [1.807, 2.05) is 59.5 Å². The Labute approximate surface area is 183 Å². The third kappa shape index (κ3) is 3.55. The van der Waals surface area contributed by atoms with E-state index >= 15 is 0 Å². The smallest absolute Gasteiger partial charge is 0.259 e. The maximum Gasteiger partial charge on any atom is 0.259 e. The summed E-state index contributed by atoms with van der Waals surface area (Å²) in [6.07, 6.45) is 6.98. The second kappa shape index (κ2) is 8.46. The minimum atomic E-state index is -0.536. The van der Waals surface area contributed by atoms with Crippen LogP contribution in [-0.4, -0.2) is 36.6 Å². The fourth-order valence-electron chi connectivity index (χ4n) is 5.82. The van der Waals surface area contributed by atoms with Gasteiger partial charge < -0.3 is 15.0 Å². The van der Waals surface area contributed by atoms with Gasteiger partial charge in [0.2, 0.25) is 5.91 Å². The fourth-order valence-corrected chi connectivity index (χ4v) is 5.82. The molecule has 1 spiro atoms. The molecule has 3 aliphatic rings. The first-order chi connectivity index (χ1) is 15.2. The molecule has 5 heteroatoms. The summed E-state index contributed by atoms with van der Waals surface area (Å²) in [7, 11) is 0. The molecule has 0 unspecified atom stereocenters. The second-order valence-corrected chi connectivity index (χ2v) is 9.04. The number of hydrogen-bond donors (Lipinski definition) is 1. The van der Waals surface area contributed by atoms with Crippen LogP contribution in [-0.2, 0) is 9.53 Å². The summed E-state index contributed by atoms with van der Waals surface area (Å²) < 4.78 is 5.73. The van der Waals surface area contributed by atoms with E-state index in [-0.39, 0.29) is 23.8 Å². The highest BCUT2D eigenvalue weighted by atomic mass is 16.5. The lowest BCUT2D eigenvalue weighted by molar-refractivity contribution is -0.125. The molecule has 2 aromatic carbocycles. The number of hydrogen-bond acceptors (Lipinski definition) is 3. The average molecular weight is 419 g/mol. The van der Waals surface area contributed by atoms with Crippen molar-refractivity contribution >= 4 is 17.5 Å². The van der Waals surface area contributed by atoms with E-state index in [0.717, 1.165) is 62.8 Å². The maximum absolute atomic E-state index is 13.8. The van der Waals surface area contributed by atoms with E-state index in [0.29, 0.717) is 12.1 Å². The van der Waals surface area contributed by atoms with Crippen LogP contribution < -0.4 is 10.2 Å². The molecule has 162 valence electrons. The Morgan fingerprint density at radius 3 is 2.48 bits per heavy atom. The van der Waals surface area contributed by atoms with Crippen molar-refractivity contribution in [2.24, 2.45) is 0 Å². The maximum atomic E-state index is 13.8. The highest BCUT2D eigenvalue weighted by Crippen LogP contribution is 2.50. The Balaban J connectivity index is 1.59. The number of rotatable bonds is 4. The van der Waals surface area contributed by atoms with Crippen molar-refractivity contribution in [1.82, 2.24) is 5.32 Å². The largest absolute Gasteiger partial charge is 0.376 e. The predicted octanol–water partition coefficient (Wildman–Crippen LogP) is 4.43. The van der Waals surface area contributed by atoms with Gasteiger partial charge in [-0.05, 0) is 49.4 Å². The summed E-state index contributed by atoms with van der Waals surface area (Å²) in [6.45, 7) is 1.31. The fraction of sp³-hybridized carbons (Fsp3) is 0.462. The molecule has 2 amide bonds. The molecule has 0 radical (unpaired) electrons. The van der Waals surface area contributed by atoms with Gasteiger partial charge in [0.1, 0.15) is 0 Å². The lowest BCUT2D eigenvalue weighted by atomic mass is 9.65. The van der Waals surface area contributed by atoms with Gasteiger partial charge in [-0.15, -0.1) is 0 Å². The summed E-state index contributed by atoms with van der Waals surface area (Å²) >= 11 is 0. The third-order valence-electron chi connectivity index (χ3n) is 7.21. The van der Waals surface area contributed by atoms with Gasteiger partial charge >= 0.3 is 0 Å². The van der Waals surface area contributed by atoms with Crippen LogP contribution in [0.4, 0.5) is 5.69 Å². The normalized spacial score (nSPS) is 24.8. The van der Waals surface area contributed by atoms with Gasteiger partial charge in [0, 0.05) is 24.4 Å². The molecule has 31 heavy (non-hydrogen) atoms. The van der Waals surface area contributed by atoms with E-state index < -0.39 is 5.54 Å². The van der Waals surface area contributed by atoms with Crippen LogP contribution in [0.15, 0.2) is 54.6 Å². The number of benzene rings is 2. The lowest BCUT2D eigenvalue weighted by Gasteiger charge is -2.53. The molecular formula is C26H30N2O3. The summed E-state index contributed by atoms with van der Waals surface area (Å²) in [5.41, 5.74) is 1.85. The molecule has 0 bridgehead atoms. The number of ether oxygens (including phenoxy) is 1. The van der Waals surface area contributed by atoms with E-state index in [4.69, 9.17) is 4.74 Å². The van der Waals surface area contributed by atoms with E-state index in [1.165, 1.54) is 0 Å². The summed E-state index contributed by atoms with van der Waals surface area (Å²) in [6, 6.07) is 17.5. The average Bonchev–Trinajstić information content (AvgIpc) is 3.33. The molecule has 5 nitrogen and oxygen atoms in total. The van der Waals surface area contributed by atoms with Crippen molar-refractivity contribution < 1.29 is 14.3 Å². The zero-order chi connectivity index (χ0) is 21.3. The van der Waals surface area contributed by atoms with Gasteiger partial charge in [-0.3, -0.25) is 9.59 Å². The summed E-state index contributed by atoms with van der Waals surface area (Å²) in [5, 5.41) is 3.19. The SMILES string of the molecule is O=C(NC[C@@H]1CCCO1)[C@H]1c2ccccc2C(=O)N(c2ccccc2)C12CCCCC2. The van der Waals surface area contributed by atoms with Gasteiger partial charge in [0.25, 0.3) is 5.91 Å². The zero-order valence-electron chi connectivity index (χ0n) is 17.9. The summed E-state index contributed by atoms with van der Waals surface area (Å²) in [4.78, 5) is 29.5. The van der Waals surface area contributed by atoms with Gasteiger partial charge in [0.15, 0.2) is 0 Å².